The second-order valence-electron chi connectivity index (χ2n) is 4.95. The van der Waals surface area contributed by atoms with Crippen LogP contribution in [0.25, 0.3) is 0 Å². The van der Waals surface area contributed by atoms with Crippen molar-refractivity contribution >= 4 is 17.5 Å². The summed E-state index contributed by atoms with van der Waals surface area (Å²) in [4.78, 5) is 14.3. The van der Waals surface area contributed by atoms with Crippen LogP contribution >= 0.6 is 11.6 Å². The van der Waals surface area contributed by atoms with Crippen molar-refractivity contribution in [3.63, 3.8) is 0 Å². The molecule has 0 bridgehead atoms. The number of nitrogens with zero attached hydrogens (tertiary/aromatic N) is 2. The summed E-state index contributed by atoms with van der Waals surface area (Å²) in [6.45, 7) is 5.68. The lowest BCUT2D eigenvalue weighted by molar-refractivity contribution is 0.0741. The summed E-state index contributed by atoms with van der Waals surface area (Å²) in [6.07, 6.45) is 0. The van der Waals surface area contributed by atoms with Crippen LogP contribution in [0, 0.1) is 13.8 Å². The zero-order valence-electron chi connectivity index (χ0n) is 12.1. The molecule has 20 heavy (non-hydrogen) atoms. The summed E-state index contributed by atoms with van der Waals surface area (Å²) in [7, 11) is 1.80. The molecule has 0 spiro atoms. The molecule has 4 nitrogen and oxygen atoms in total. The molecular weight excluding hydrogens is 274 g/mol. The largest absolute Gasteiger partial charge is 0.335 e. The molecule has 2 rings (SSSR count). The average molecular weight is 292 g/mol. The second kappa shape index (κ2) is 5.67. The van der Waals surface area contributed by atoms with Crippen molar-refractivity contribution in [1.82, 2.24) is 15.1 Å². The second-order valence-corrected chi connectivity index (χ2v) is 5.39. The number of benzene rings is 1. The minimum atomic E-state index is -0.0338. The van der Waals surface area contributed by atoms with Gasteiger partial charge >= 0.3 is 0 Å². The van der Waals surface area contributed by atoms with E-state index in [0.717, 1.165) is 17.0 Å². The van der Waals surface area contributed by atoms with Crippen LogP contribution in [0.5, 0.6) is 0 Å². The molecule has 0 aliphatic rings. The molecule has 0 saturated carbocycles. The van der Waals surface area contributed by atoms with E-state index < -0.39 is 0 Å². The predicted molar refractivity (Wildman–Crippen MR) is 80.0 cm³/mol. The monoisotopic (exact) mass is 291 g/mol. The van der Waals surface area contributed by atoms with Crippen LogP contribution in [0.1, 0.15) is 40.3 Å². The normalized spacial score (nSPS) is 12.2. The molecule has 2 aromatic rings. The van der Waals surface area contributed by atoms with Gasteiger partial charge in [0.25, 0.3) is 5.91 Å². The van der Waals surface area contributed by atoms with Gasteiger partial charge in [-0.1, -0.05) is 23.7 Å². The molecule has 106 valence electrons. The Morgan fingerprint density at radius 3 is 2.40 bits per heavy atom. The number of aromatic amines is 1. The molecule has 1 aromatic heterocycles. The van der Waals surface area contributed by atoms with Crippen molar-refractivity contribution in [3.05, 3.63) is 51.8 Å². The van der Waals surface area contributed by atoms with Gasteiger partial charge in [0.15, 0.2) is 0 Å². The highest BCUT2D eigenvalue weighted by atomic mass is 35.5. The van der Waals surface area contributed by atoms with E-state index >= 15 is 0 Å². The molecule has 0 saturated heterocycles. The van der Waals surface area contributed by atoms with Gasteiger partial charge in [-0.25, -0.2) is 0 Å². The van der Waals surface area contributed by atoms with Crippen LogP contribution in [0.15, 0.2) is 24.3 Å². The Hall–Kier alpha value is -1.81. The quantitative estimate of drug-likeness (QED) is 0.941. The molecule has 0 aliphatic heterocycles. The van der Waals surface area contributed by atoms with Crippen molar-refractivity contribution in [2.24, 2.45) is 0 Å². The Kier molecular flexibility index (Phi) is 4.14. The van der Waals surface area contributed by atoms with Crippen molar-refractivity contribution in [1.29, 1.82) is 0 Å². The Morgan fingerprint density at radius 2 is 1.90 bits per heavy atom. The Bertz CT molecular complexity index is 599. The highest BCUT2D eigenvalue weighted by Crippen LogP contribution is 2.23. The molecule has 1 aromatic carbocycles. The molecule has 1 atom stereocenters. The Morgan fingerprint density at radius 1 is 1.30 bits per heavy atom. The standard InChI is InChI=1S/C15H18ClN3O/c1-9-14(10(2)18-17-9)15(20)19(4)11(3)12-5-7-13(16)8-6-12/h5-8,11H,1-4H3,(H,17,18). The van der Waals surface area contributed by atoms with Crippen molar-refractivity contribution in [2.45, 2.75) is 26.8 Å². The highest BCUT2D eigenvalue weighted by Gasteiger charge is 2.23. The van der Waals surface area contributed by atoms with Gasteiger partial charge in [0.05, 0.1) is 17.3 Å². The summed E-state index contributed by atoms with van der Waals surface area (Å²) in [5.41, 5.74) is 3.21. The topological polar surface area (TPSA) is 49.0 Å². The SMILES string of the molecule is Cc1n[nH]c(C)c1C(=O)N(C)C(C)c1ccc(Cl)cc1. The van der Waals surface area contributed by atoms with Crippen molar-refractivity contribution in [3.8, 4) is 0 Å². The first-order valence-electron chi connectivity index (χ1n) is 6.46. The minimum Gasteiger partial charge on any atom is -0.335 e. The van der Waals surface area contributed by atoms with Gasteiger partial charge in [-0.3, -0.25) is 9.89 Å². The number of carbonyl (C=O) groups is 1. The number of nitrogens with one attached hydrogen (secondary N) is 1. The first kappa shape index (κ1) is 14.6. The fraction of sp³-hybridized carbons (Fsp3) is 0.333. The summed E-state index contributed by atoms with van der Waals surface area (Å²) in [6, 6.07) is 7.51. The predicted octanol–water partition coefficient (Wildman–Crippen LogP) is 3.51. The molecule has 0 fully saturated rings. The minimum absolute atomic E-state index is 0.0313. The summed E-state index contributed by atoms with van der Waals surface area (Å²) in [5.74, 6) is -0.0313. The molecule has 0 radical (unpaired) electrons. The Labute approximate surface area is 123 Å². The third-order valence-corrected chi connectivity index (χ3v) is 3.85. The molecule has 1 N–H and O–H groups in total. The van der Waals surface area contributed by atoms with Crippen LogP contribution in [-0.4, -0.2) is 28.1 Å². The number of aryl methyl sites for hydroxylation is 2. The fourth-order valence-corrected chi connectivity index (χ4v) is 2.31. The summed E-state index contributed by atoms with van der Waals surface area (Å²) in [5, 5.41) is 7.61. The van der Waals surface area contributed by atoms with E-state index in [2.05, 4.69) is 10.2 Å². The maximum Gasteiger partial charge on any atom is 0.257 e. The van der Waals surface area contributed by atoms with Gasteiger partial charge in [-0.15, -0.1) is 0 Å². The van der Waals surface area contributed by atoms with E-state index in [1.54, 1.807) is 11.9 Å². The smallest absolute Gasteiger partial charge is 0.257 e. The first-order valence-corrected chi connectivity index (χ1v) is 6.83. The van der Waals surface area contributed by atoms with E-state index in [4.69, 9.17) is 11.6 Å². The van der Waals surface area contributed by atoms with Gasteiger partial charge < -0.3 is 4.90 Å². The van der Waals surface area contributed by atoms with E-state index in [1.165, 1.54) is 0 Å². The van der Waals surface area contributed by atoms with Gasteiger partial charge in [-0.05, 0) is 38.5 Å². The van der Waals surface area contributed by atoms with E-state index in [0.29, 0.717) is 10.6 Å². The highest BCUT2D eigenvalue weighted by molar-refractivity contribution is 6.30. The van der Waals surface area contributed by atoms with Gasteiger partial charge in [-0.2, -0.15) is 5.10 Å². The van der Waals surface area contributed by atoms with Crippen LogP contribution in [0.2, 0.25) is 5.02 Å². The maximum absolute atomic E-state index is 12.6. The summed E-state index contributed by atoms with van der Waals surface area (Å²) < 4.78 is 0. The number of rotatable bonds is 3. The number of hydrogen-bond acceptors (Lipinski definition) is 2. The molecule has 1 amide bonds. The lowest BCUT2D eigenvalue weighted by atomic mass is 10.1. The van der Waals surface area contributed by atoms with Gasteiger partial charge in [0, 0.05) is 17.8 Å². The molecular formula is C15H18ClN3O. The zero-order valence-corrected chi connectivity index (χ0v) is 12.8. The van der Waals surface area contributed by atoms with Crippen LogP contribution in [-0.2, 0) is 0 Å². The van der Waals surface area contributed by atoms with Crippen molar-refractivity contribution < 1.29 is 4.79 Å². The third-order valence-electron chi connectivity index (χ3n) is 3.60. The lowest BCUT2D eigenvalue weighted by Gasteiger charge is -2.25. The number of amides is 1. The van der Waals surface area contributed by atoms with Crippen LogP contribution in [0.3, 0.4) is 0 Å². The third kappa shape index (κ3) is 2.70. The van der Waals surface area contributed by atoms with Gasteiger partial charge in [0.1, 0.15) is 0 Å². The summed E-state index contributed by atoms with van der Waals surface area (Å²) >= 11 is 5.89. The number of halogens is 1. The average Bonchev–Trinajstić information content (AvgIpc) is 2.76. The Balaban J connectivity index is 2.24. The maximum atomic E-state index is 12.6. The molecule has 1 heterocycles. The first-order chi connectivity index (χ1) is 9.41. The fourth-order valence-electron chi connectivity index (χ4n) is 2.18. The molecule has 1 unspecified atom stereocenters. The van der Waals surface area contributed by atoms with Crippen LogP contribution in [0.4, 0.5) is 0 Å². The number of hydrogen-bond donors (Lipinski definition) is 1. The van der Waals surface area contributed by atoms with Crippen LogP contribution < -0.4 is 0 Å². The van der Waals surface area contributed by atoms with E-state index in [-0.39, 0.29) is 11.9 Å². The number of carbonyl (C=O) groups excluding carboxylic acids is 1. The number of aromatic nitrogens is 2. The number of H-pyrrole nitrogens is 1. The molecule has 0 aliphatic carbocycles. The van der Waals surface area contributed by atoms with Gasteiger partial charge in [0.2, 0.25) is 0 Å². The molecule has 5 heteroatoms. The zero-order chi connectivity index (χ0) is 14.9. The van der Waals surface area contributed by atoms with Crippen molar-refractivity contribution in [2.75, 3.05) is 7.05 Å². The van der Waals surface area contributed by atoms with E-state index in [9.17, 15) is 4.79 Å². The lowest BCUT2D eigenvalue weighted by Crippen LogP contribution is -2.30. The van der Waals surface area contributed by atoms with E-state index in [1.807, 2.05) is 45.0 Å².